The lowest BCUT2D eigenvalue weighted by atomic mass is 10.2. The van der Waals surface area contributed by atoms with E-state index in [9.17, 15) is 9.59 Å². The molecule has 14 heavy (non-hydrogen) atoms. The molecule has 0 spiro atoms. The Morgan fingerprint density at radius 3 is 2.21 bits per heavy atom. The van der Waals surface area contributed by atoms with Gasteiger partial charge in [-0.1, -0.05) is 6.92 Å². The van der Waals surface area contributed by atoms with Crippen LogP contribution >= 0.6 is 0 Å². The van der Waals surface area contributed by atoms with Crippen LogP contribution < -0.4 is 5.48 Å². The van der Waals surface area contributed by atoms with Gasteiger partial charge in [-0.15, -0.1) is 5.48 Å². The van der Waals surface area contributed by atoms with Crippen molar-refractivity contribution in [3.05, 3.63) is 0 Å². The molecule has 0 heterocycles. The van der Waals surface area contributed by atoms with Crippen LogP contribution in [-0.4, -0.2) is 24.1 Å². The fraction of sp³-hybridized carbons (Fsp3) is 0.778. The maximum Gasteiger partial charge on any atom is 0.324 e. The average Bonchev–Trinajstić information content (AvgIpc) is 2.00. The van der Waals surface area contributed by atoms with Crippen molar-refractivity contribution in [3.63, 3.8) is 0 Å². The molecule has 82 valence electrons. The van der Waals surface area contributed by atoms with Crippen molar-refractivity contribution in [2.45, 2.75) is 39.7 Å². The molecule has 0 aliphatic heterocycles. The Hall–Kier alpha value is -1.10. The van der Waals surface area contributed by atoms with E-state index in [-0.39, 0.29) is 13.0 Å². The number of hydrogen-bond acceptors (Lipinski definition) is 5. The van der Waals surface area contributed by atoms with Crippen LogP contribution in [0.15, 0.2) is 0 Å². The van der Waals surface area contributed by atoms with E-state index >= 15 is 0 Å². The van der Waals surface area contributed by atoms with Crippen LogP contribution in [-0.2, 0) is 19.2 Å². The zero-order valence-corrected chi connectivity index (χ0v) is 9.05. The number of nitrogens with one attached hydrogen (secondary N) is 1. The SMILES string of the molecule is CCC(=O)ONCC(=O)OC(C)(C)C. The maximum absolute atomic E-state index is 11.1. The number of carbonyl (C=O) groups is 2. The highest BCUT2D eigenvalue weighted by atomic mass is 16.7. The van der Waals surface area contributed by atoms with Crippen LogP contribution in [0.2, 0.25) is 0 Å². The van der Waals surface area contributed by atoms with Crippen molar-refractivity contribution in [3.8, 4) is 0 Å². The third kappa shape index (κ3) is 7.54. The van der Waals surface area contributed by atoms with Gasteiger partial charge in [-0.25, -0.2) is 0 Å². The van der Waals surface area contributed by atoms with Crippen LogP contribution in [0.1, 0.15) is 34.1 Å². The van der Waals surface area contributed by atoms with E-state index in [1.807, 2.05) is 0 Å². The molecule has 0 aliphatic carbocycles. The Kier molecular flexibility index (Phi) is 5.15. The molecule has 0 aromatic carbocycles. The topological polar surface area (TPSA) is 64.6 Å². The molecule has 5 nitrogen and oxygen atoms in total. The summed E-state index contributed by atoms with van der Waals surface area (Å²) < 4.78 is 4.96. The standard InChI is InChI=1S/C9H17NO4/c1-5-7(11)14-10-6-8(12)13-9(2,3)4/h10H,5-6H2,1-4H3. The predicted octanol–water partition coefficient (Wildman–Crippen LogP) is 0.786. The Labute approximate surface area is 83.7 Å². The molecule has 0 saturated heterocycles. The van der Waals surface area contributed by atoms with Crippen LogP contribution in [0.25, 0.3) is 0 Å². The summed E-state index contributed by atoms with van der Waals surface area (Å²) in [5.41, 5.74) is 1.71. The highest BCUT2D eigenvalue weighted by Gasteiger charge is 2.16. The first-order valence-electron chi connectivity index (χ1n) is 4.49. The molecule has 0 aromatic heterocycles. The van der Waals surface area contributed by atoms with Crippen molar-refractivity contribution >= 4 is 11.9 Å². The number of rotatable bonds is 4. The molecule has 0 aromatic rings. The van der Waals surface area contributed by atoms with Gasteiger partial charge >= 0.3 is 11.9 Å². The van der Waals surface area contributed by atoms with Crippen molar-refractivity contribution in [1.82, 2.24) is 5.48 Å². The van der Waals surface area contributed by atoms with E-state index in [1.165, 1.54) is 0 Å². The predicted molar refractivity (Wildman–Crippen MR) is 50.2 cm³/mol. The molecule has 0 aliphatic rings. The van der Waals surface area contributed by atoms with E-state index in [0.29, 0.717) is 0 Å². The number of hydrogen-bond donors (Lipinski definition) is 1. The molecule has 0 unspecified atom stereocenters. The van der Waals surface area contributed by atoms with Gasteiger partial charge in [0.05, 0.1) is 0 Å². The molecular formula is C9H17NO4. The highest BCUT2D eigenvalue weighted by Crippen LogP contribution is 2.05. The molecule has 0 amide bonds. The molecule has 0 atom stereocenters. The first-order valence-corrected chi connectivity index (χ1v) is 4.49. The summed E-state index contributed by atoms with van der Waals surface area (Å²) in [4.78, 5) is 26.2. The Bertz CT molecular complexity index is 207. The van der Waals surface area contributed by atoms with Gasteiger partial charge in [0.1, 0.15) is 12.1 Å². The Balaban J connectivity index is 3.60. The zero-order chi connectivity index (χ0) is 11.2. The minimum atomic E-state index is -0.520. The minimum Gasteiger partial charge on any atom is -0.459 e. The first-order chi connectivity index (χ1) is 6.35. The smallest absolute Gasteiger partial charge is 0.324 e. The lowest BCUT2D eigenvalue weighted by Gasteiger charge is -2.19. The molecule has 0 rings (SSSR count). The van der Waals surface area contributed by atoms with E-state index in [2.05, 4.69) is 10.3 Å². The summed E-state index contributed by atoms with van der Waals surface area (Å²) in [6, 6.07) is 0. The number of esters is 1. The van der Waals surface area contributed by atoms with E-state index < -0.39 is 17.5 Å². The van der Waals surface area contributed by atoms with Crippen molar-refractivity contribution in [2.75, 3.05) is 6.54 Å². The van der Waals surface area contributed by atoms with Gasteiger partial charge < -0.3 is 9.57 Å². The maximum atomic E-state index is 11.1. The summed E-state index contributed by atoms with van der Waals surface area (Å²) in [6.45, 7) is 6.83. The monoisotopic (exact) mass is 203 g/mol. The summed E-state index contributed by atoms with van der Waals surface area (Å²) >= 11 is 0. The molecule has 0 bridgehead atoms. The summed E-state index contributed by atoms with van der Waals surface area (Å²) in [5.74, 6) is -0.866. The van der Waals surface area contributed by atoms with Crippen molar-refractivity contribution in [2.24, 2.45) is 0 Å². The summed E-state index contributed by atoms with van der Waals surface area (Å²) in [6.07, 6.45) is 0.265. The van der Waals surface area contributed by atoms with Crippen LogP contribution in [0.5, 0.6) is 0 Å². The molecule has 0 saturated carbocycles. The second-order valence-electron chi connectivity index (χ2n) is 3.74. The first kappa shape index (κ1) is 12.9. The van der Waals surface area contributed by atoms with Gasteiger partial charge in [-0.2, -0.15) is 0 Å². The quantitative estimate of drug-likeness (QED) is 0.540. The lowest BCUT2D eigenvalue weighted by Crippen LogP contribution is -2.32. The van der Waals surface area contributed by atoms with Gasteiger partial charge in [-0.3, -0.25) is 9.59 Å². The molecule has 0 radical (unpaired) electrons. The Morgan fingerprint density at radius 1 is 1.21 bits per heavy atom. The second-order valence-corrected chi connectivity index (χ2v) is 3.74. The highest BCUT2D eigenvalue weighted by molar-refractivity contribution is 5.72. The molecular weight excluding hydrogens is 186 g/mol. The summed E-state index contributed by atoms with van der Waals surface area (Å²) in [5, 5.41) is 0. The van der Waals surface area contributed by atoms with Crippen LogP contribution in [0.3, 0.4) is 0 Å². The number of carbonyl (C=O) groups excluding carboxylic acids is 2. The molecule has 1 N–H and O–H groups in total. The normalized spacial score (nSPS) is 10.9. The lowest BCUT2D eigenvalue weighted by molar-refractivity contribution is -0.160. The fourth-order valence-electron chi connectivity index (χ4n) is 0.625. The van der Waals surface area contributed by atoms with Gasteiger partial charge in [0.15, 0.2) is 0 Å². The third-order valence-electron chi connectivity index (χ3n) is 1.11. The Morgan fingerprint density at radius 2 is 1.79 bits per heavy atom. The number of hydroxylamine groups is 1. The van der Waals surface area contributed by atoms with E-state index in [4.69, 9.17) is 4.74 Å². The van der Waals surface area contributed by atoms with Crippen molar-refractivity contribution < 1.29 is 19.2 Å². The zero-order valence-electron chi connectivity index (χ0n) is 9.05. The van der Waals surface area contributed by atoms with Gasteiger partial charge in [0.25, 0.3) is 0 Å². The fourth-order valence-corrected chi connectivity index (χ4v) is 0.625. The molecule has 0 fully saturated rings. The minimum absolute atomic E-state index is 0.136. The third-order valence-corrected chi connectivity index (χ3v) is 1.11. The van der Waals surface area contributed by atoms with Gasteiger partial charge in [-0.05, 0) is 20.8 Å². The summed E-state index contributed by atoms with van der Waals surface area (Å²) in [7, 11) is 0. The van der Waals surface area contributed by atoms with Crippen LogP contribution in [0.4, 0.5) is 0 Å². The molecule has 5 heteroatoms. The number of ether oxygens (including phenoxy) is 1. The van der Waals surface area contributed by atoms with Gasteiger partial charge in [0, 0.05) is 6.42 Å². The van der Waals surface area contributed by atoms with Crippen LogP contribution in [0, 0.1) is 0 Å². The van der Waals surface area contributed by atoms with Gasteiger partial charge in [0.2, 0.25) is 0 Å². The second kappa shape index (κ2) is 5.59. The largest absolute Gasteiger partial charge is 0.459 e. The van der Waals surface area contributed by atoms with E-state index in [1.54, 1.807) is 27.7 Å². The van der Waals surface area contributed by atoms with Crippen molar-refractivity contribution in [1.29, 1.82) is 0 Å². The van der Waals surface area contributed by atoms with E-state index in [0.717, 1.165) is 0 Å². The average molecular weight is 203 g/mol.